The normalized spacial score (nSPS) is 21.4. The molecular formula is C19H32N4OS. The molecule has 2 saturated heterocycles. The third-order valence-electron chi connectivity index (χ3n) is 5.48. The molecule has 3 rings (SSSR count). The van der Waals surface area contributed by atoms with Gasteiger partial charge < -0.3 is 15.4 Å². The second-order valence-electron chi connectivity index (χ2n) is 7.11. The Hall–Kier alpha value is -1.11. The number of rotatable bonds is 6. The van der Waals surface area contributed by atoms with E-state index in [9.17, 15) is 0 Å². The predicted molar refractivity (Wildman–Crippen MR) is 105 cm³/mol. The highest BCUT2D eigenvalue weighted by Gasteiger charge is 2.39. The van der Waals surface area contributed by atoms with Gasteiger partial charge in [0.05, 0.1) is 6.54 Å². The molecule has 1 aromatic heterocycles. The van der Waals surface area contributed by atoms with Gasteiger partial charge in [0.1, 0.15) is 0 Å². The summed E-state index contributed by atoms with van der Waals surface area (Å²) in [5.74, 6) is 0.931. The van der Waals surface area contributed by atoms with Gasteiger partial charge in [-0.2, -0.15) is 0 Å². The molecule has 6 heteroatoms. The molecular weight excluding hydrogens is 332 g/mol. The molecule has 3 heterocycles. The summed E-state index contributed by atoms with van der Waals surface area (Å²) in [6, 6.07) is 2.17. The fraction of sp³-hybridized carbons (Fsp3) is 0.737. The molecule has 0 aromatic carbocycles. The lowest BCUT2D eigenvalue weighted by Gasteiger charge is -2.45. The average molecular weight is 365 g/mol. The molecule has 1 aromatic rings. The van der Waals surface area contributed by atoms with E-state index in [0.717, 1.165) is 51.6 Å². The fourth-order valence-electron chi connectivity index (χ4n) is 3.85. The first-order chi connectivity index (χ1) is 12.2. The number of thiophene rings is 1. The first-order valence-corrected chi connectivity index (χ1v) is 10.5. The van der Waals surface area contributed by atoms with E-state index in [1.54, 1.807) is 11.3 Å². The molecule has 0 atom stereocenters. The van der Waals surface area contributed by atoms with E-state index < -0.39 is 0 Å². The van der Waals surface area contributed by atoms with Crippen LogP contribution in [0.3, 0.4) is 0 Å². The Balaban J connectivity index is 1.64. The van der Waals surface area contributed by atoms with E-state index >= 15 is 0 Å². The summed E-state index contributed by atoms with van der Waals surface area (Å²) < 4.78 is 5.65. The van der Waals surface area contributed by atoms with Crippen LogP contribution < -0.4 is 10.6 Å². The van der Waals surface area contributed by atoms with Crippen molar-refractivity contribution in [2.75, 3.05) is 39.4 Å². The topological polar surface area (TPSA) is 48.9 Å². The first-order valence-electron chi connectivity index (χ1n) is 9.61. The molecule has 2 aliphatic heterocycles. The molecule has 0 saturated carbocycles. The van der Waals surface area contributed by atoms with Crippen molar-refractivity contribution in [1.82, 2.24) is 15.5 Å². The molecule has 0 aliphatic carbocycles. The Morgan fingerprint density at radius 2 is 2.04 bits per heavy atom. The van der Waals surface area contributed by atoms with Crippen molar-refractivity contribution in [2.24, 2.45) is 4.99 Å². The molecule has 140 valence electrons. The molecule has 0 amide bonds. The number of aliphatic imine (C=N–C) groups is 1. The average Bonchev–Trinajstić information content (AvgIpc) is 3.30. The number of likely N-dealkylation sites (tertiary alicyclic amines) is 1. The Labute approximate surface area is 155 Å². The van der Waals surface area contributed by atoms with Crippen LogP contribution in [0, 0.1) is 6.92 Å². The number of ether oxygens (including phenoxy) is 1. The largest absolute Gasteiger partial charge is 0.381 e. The maximum absolute atomic E-state index is 5.65. The van der Waals surface area contributed by atoms with Gasteiger partial charge in [-0.1, -0.05) is 0 Å². The van der Waals surface area contributed by atoms with Crippen molar-refractivity contribution in [3.05, 3.63) is 21.9 Å². The van der Waals surface area contributed by atoms with Crippen LogP contribution in [0.4, 0.5) is 0 Å². The number of nitrogens with zero attached hydrogens (tertiary/aromatic N) is 2. The van der Waals surface area contributed by atoms with Crippen LogP contribution in [0.2, 0.25) is 0 Å². The molecule has 0 bridgehead atoms. The van der Waals surface area contributed by atoms with Crippen LogP contribution >= 0.6 is 11.3 Å². The first kappa shape index (κ1) is 18.7. The van der Waals surface area contributed by atoms with Crippen molar-refractivity contribution in [2.45, 2.75) is 51.6 Å². The zero-order chi connectivity index (χ0) is 17.5. The predicted octanol–water partition coefficient (Wildman–Crippen LogP) is 2.76. The lowest BCUT2D eigenvalue weighted by atomic mass is 9.88. The monoisotopic (exact) mass is 364 g/mol. The van der Waals surface area contributed by atoms with E-state index in [1.165, 1.54) is 36.4 Å². The van der Waals surface area contributed by atoms with Crippen molar-refractivity contribution >= 4 is 17.3 Å². The molecule has 2 aliphatic rings. The third kappa shape index (κ3) is 4.74. The van der Waals surface area contributed by atoms with Crippen molar-refractivity contribution in [1.29, 1.82) is 0 Å². The van der Waals surface area contributed by atoms with E-state index in [2.05, 4.69) is 40.8 Å². The van der Waals surface area contributed by atoms with Crippen molar-refractivity contribution in [3.8, 4) is 0 Å². The lowest BCUT2D eigenvalue weighted by molar-refractivity contribution is -0.0164. The van der Waals surface area contributed by atoms with Gasteiger partial charge >= 0.3 is 0 Å². The molecule has 0 spiro atoms. The minimum Gasteiger partial charge on any atom is -0.381 e. The van der Waals surface area contributed by atoms with Crippen molar-refractivity contribution in [3.63, 3.8) is 0 Å². The van der Waals surface area contributed by atoms with Crippen molar-refractivity contribution < 1.29 is 4.74 Å². The van der Waals surface area contributed by atoms with Gasteiger partial charge in [0.2, 0.25) is 0 Å². The van der Waals surface area contributed by atoms with E-state index in [-0.39, 0.29) is 5.54 Å². The third-order valence-corrected chi connectivity index (χ3v) is 6.49. The van der Waals surface area contributed by atoms with Crippen LogP contribution in [-0.4, -0.2) is 55.8 Å². The molecule has 5 nitrogen and oxygen atoms in total. The Kier molecular flexibility index (Phi) is 6.73. The van der Waals surface area contributed by atoms with E-state index in [1.807, 2.05) is 0 Å². The van der Waals surface area contributed by atoms with Crippen LogP contribution in [0.15, 0.2) is 16.4 Å². The van der Waals surface area contributed by atoms with Crippen LogP contribution in [0.5, 0.6) is 0 Å². The molecule has 0 radical (unpaired) electrons. The van der Waals surface area contributed by atoms with Crippen LogP contribution in [-0.2, 0) is 11.3 Å². The maximum Gasteiger partial charge on any atom is 0.191 e. The number of hydrogen-bond donors (Lipinski definition) is 2. The standard InChI is InChI=1S/C19H32N4OS/c1-3-20-18(21-14-17-16(2)6-13-25-17)22-15-19(7-11-24-12-8-19)23-9-4-5-10-23/h6,13H,3-5,7-12,14-15H2,1-2H3,(H2,20,21,22). The SMILES string of the molecule is CCNC(=NCc1sccc1C)NCC1(N2CCCC2)CCOCC1. The van der Waals surface area contributed by atoms with Gasteiger partial charge in [0.15, 0.2) is 5.96 Å². The summed E-state index contributed by atoms with van der Waals surface area (Å²) in [4.78, 5) is 8.85. The van der Waals surface area contributed by atoms with Gasteiger partial charge in [-0.15, -0.1) is 11.3 Å². The zero-order valence-corrected chi connectivity index (χ0v) is 16.5. The summed E-state index contributed by atoms with van der Waals surface area (Å²) in [5.41, 5.74) is 1.56. The summed E-state index contributed by atoms with van der Waals surface area (Å²) in [5, 5.41) is 9.19. The van der Waals surface area contributed by atoms with E-state index in [4.69, 9.17) is 9.73 Å². The fourth-order valence-corrected chi connectivity index (χ4v) is 4.68. The smallest absolute Gasteiger partial charge is 0.191 e. The number of guanidine groups is 1. The number of nitrogens with one attached hydrogen (secondary N) is 2. The zero-order valence-electron chi connectivity index (χ0n) is 15.6. The molecule has 25 heavy (non-hydrogen) atoms. The van der Waals surface area contributed by atoms with Gasteiger partial charge in [-0.25, -0.2) is 4.99 Å². The highest BCUT2D eigenvalue weighted by atomic mass is 32.1. The minimum atomic E-state index is 0.226. The minimum absolute atomic E-state index is 0.226. The summed E-state index contributed by atoms with van der Waals surface area (Å²) in [6.45, 7) is 11.1. The summed E-state index contributed by atoms with van der Waals surface area (Å²) in [7, 11) is 0. The molecule has 2 fully saturated rings. The summed E-state index contributed by atoms with van der Waals surface area (Å²) in [6.07, 6.45) is 4.88. The second-order valence-corrected chi connectivity index (χ2v) is 8.11. The van der Waals surface area contributed by atoms with Gasteiger partial charge in [-0.3, -0.25) is 4.90 Å². The molecule has 2 N–H and O–H groups in total. The van der Waals surface area contributed by atoms with Gasteiger partial charge in [-0.05, 0) is 69.6 Å². The highest BCUT2D eigenvalue weighted by Crippen LogP contribution is 2.30. The Bertz CT molecular complexity index is 560. The van der Waals surface area contributed by atoms with Crippen LogP contribution in [0.25, 0.3) is 0 Å². The van der Waals surface area contributed by atoms with Crippen LogP contribution in [0.1, 0.15) is 43.0 Å². The van der Waals surface area contributed by atoms with Gasteiger partial charge in [0, 0.05) is 36.7 Å². The van der Waals surface area contributed by atoms with E-state index in [0.29, 0.717) is 0 Å². The maximum atomic E-state index is 5.65. The Morgan fingerprint density at radius 3 is 2.68 bits per heavy atom. The Morgan fingerprint density at radius 1 is 1.28 bits per heavy atom. The number of aryl methyl sites for hydroxylation is 1. The lowest BCUT2D eigenvalue weighted by Crippen LogP contribution is -2.58. The second kappa shape index (κ2) is 9.01. The number of hydrogen-bond acceptors (Lipinski definition) is 4. The van der Waals surface area contributed by atoms with Gasteiger partial charge in [0.25, 0.3) is 0 Å². The highest BCUT2D eigenvalue weighted by molar-refractivity contribution is 7.10. The molecule has 0 unspecified atom stereocenters. The quantitative estimate of drug-likeness (QED) is 0.602. The summed E-state index contributed by atoms with van der Waals surface area (Å²) >= 11 is 1.79.